The van der Waals surface area contributed by atoms with Crippen molar-refractivity contribution in [3.05, 3.63) is 48.5 Å². The molecule has 8 heteroatoms. The van der Waals surface area contributed by atoms with E-state index in [2.05, 4.69) is 5.32 Å². The number of halogens is 3. The molecule has 0 saturated heterocycles. The number of rotatable bonds is 8. The lowest BCUT2D eigenvalue weighted by atomic mass is 10.3. The summed E-state index contributed by atoms with van der Waals surface area (Å²) in [6.45, 7) is -1.41. The zero-order valence-electron chi connectivity index (χ0n) is 14.0. The van der Waals surface area contributed by atoms with Gasteiger partial charge >= 0.3 is 6.18 Å². The first-order valence-electron chi connectivity index (χ1n) is 7.72. The van der Waals surface area contributed by atoms with Gasteiger partial charge in [-0.25, -0.2) is 0 Å². The van der Waals surface area contributed by atoms with Crippen molar-refractivity contribution in [3.63, 3.8) is 0 Å². The van der Waals surface area contributed by atoms with Gasteiger partial charge < -0.3 is 14.8 Å². The Morgan fingerprint density at radius 1 is 1.12 bits per heavy atom. The van der Waals surface area contributed by atoms with Crippen LogP contribution in [-0.2, 0) is 4.79 Å². The third kappa shape index (κ3) is 6.87. The Morgan fingerprint density at radius 2 is 1.81 bits per heavy atom. The highest BCUT2D eigenvalue weighted by molar-refractivity contribution is 7.99. The lowest BCUT2D eigenvalue weighted by Gasteiger charge is -2.13. The number of amides is 1. The molecule has 1 amide bonds. The second-order valence-electron chi connectivity index (χ2n) is 5.22. The van der Waals surface area contributed by atoms with E-state index in [1.165, 1.54) is 23.9 Å². The summed E-state index contributed by atoms with van der Waals surface area (Å²) >= 11 is 1.50. The molecule has 0 unspecified atom stereocenters. The van der Waals surface area contributed by atoms with E-state index in [-0.39, 0.29) is 23.8 Å². The van der Waals surface area contributed by atoms with E-state index in [0.29, 0.717) is 5.75 Å². The van der Waals surface area contributed by atoms with Gasteiger partial charge in [-0.15, -0.1) is 11.8 Å². The molecule has 2 aromatic carbocycles. The average molecular weight is 385 g/mol. The maximum atomic E-state index is 12.3. The predicted molar refractivity (Wildman–Crippen MR) is 95.0 cm³/mol. The molecule has 0 spiro atoms. The van der Waals surface area contributed by atoms with Crippen LogP contribution >= 0.6 is 11.8 Å². The topological polar surface area (TPSA) is 47.6 Å². The van der Waals surface area contributed by atoms with Crippen molar-refractivity contribution >= 4 is 23.4 Å². The lowest BCUT2D eigenvalue weighted by Crippen LogP contribution is -2.20. The largest absolute Gasteiger partial charge is 0.497 e. The van der Waals surface area contributed by atoms with Gasteiger partial charge in [0, 0.05) is 17.1 Å². The fourth-order valence-electron chi connectivity index (χ4n) is 2.00. The highest BCUT2D eigenvalue weighted by Crippen LogP contribution is 2.27. The number of benzene rings is 2. The van der Waals surface area contributed by atoms with Crippen LogP contribution in [0.3, 0.4) is 0 Å². The molecule has 0 radical (unpaired) electrons. The van der Waals surface area contributed by atoms with Crippen LogP contribution in [0, 0.1) is 0 Å². The van der Waals surface area contributed by atoms with Gasteiger partial charge in [-0.2, -0.15) is 13.2 Å². The van der Waals surface area contributed by atoms with E-state index in [1.807, 2.05) is 24.3 Å². The summed E-state index contributed by atoms with van der Waals surface area (Å²) in [6.07, 6.45) is -4.23. The fourth-order valence-corrected chi connectivity index (χ4v) is 2.85. The van der Waals surface area contributed by atoms with Crippen LogP contribution in [-0.4, -0.2) is 31.6 Å². The molecule has 0 aliphatic rings. The molecule has 0 fully saturated rings. The van der Waals surface area contributed by atoms with Gasteiger partial charge in [-0.3, -0.25) is 4.79 Å². The molecule has 0 aliphatic carbocycles. The Balaban J connectivity index is 1.83. The van der Waals surface area contributed by atoms with E-state index >= 15 is 0 Å². The van der Waals surface area contributed by atoms with E-state index in [4.69, 9.17) is 9.47 Å². The van der Waals surface area contributed by atoms with Crippen molar-refractivity contribution in [3.8, 4) is 11.5 Å². The van der Waals surface area contributed by atoms with Gasteiger partial charge in [0.25, 0.3) is 0 Å². The Morgan fingerprint density at radius 3 is 2.46 bits per heavy atom. The summed E-state index contributed by atoms with van der Waals surface area (Å²) in [6, 6.07) is 13.5. The molecule has 4 nitrogen and oxygen atoms in total. The van der Waals surface area contributed by atoms with Crippen LogP contribution in [0.4, 0.5) is 18.9 Å². The highest BCUT2D eigenvalue weighted by atomic mass is 32.2. The highest BCUT2D eigenvalue weighted by Gasteiger charge is 2.28. The van der Waals surface area contributed by atoms with Crippen LogP contribution < -0.4 is 14.8 Å². The van der Waals surface area contributed by atoms with Crippen molar-refractivity contribution in [2.75, 3.05) is 24.8 Å². The van der Waals surface area contributed by atoms with Gasteiger partial charge in [0.05, 0.1) is 12.8 Å². The maximum absolute atomic E-state index is 12.3. The standard InChI is InChI=1S/C18H18F3NO3S/c1-24-13-6-8-14(9-7-13)26-11-10-17(23)22-15-4-2-3-5-16(15)25-12-18(19,20)21/h2-9H,10-12H2,1H3,(H,22,23). The zero-order valence-corrected chi connectivity index (χ0v) is 14.8. The van der Waals surface area contributed by atoms with Gasteiger partial charge in [0.2, 0.25) is 5.91 Å². The number of alkyl halides is 3. The molecule has 0 aliphatic heterocycles. The monoisotopic (exact) mass is 385 g/mol. The number of nitrogens with one attached hydrogen (secondary N) is 1. The van der Waals surface area contributed by atoms with Gasteiger partial charge in [-0.1, -0.05) is 12.1 Å². The molecular formula is C18H18F3NO3S. The van der Waals surface area contributed by atoms with Crippen molar-refractivity contribution in [1.29, 1.82) is 0 Å². The van der Waals surface area contributed by atoms with Gasteiger partial charge in [0.15, 0.2) is 6.61 Å². The number of hydrogen-bond donors (Lipinski definition) is 1. The van der Waals surface area contributed by atoms with Crippen molar-refractivity contribution in [1.82, 2.24) is 0 Å². The number of carbonyl (C=O) groups excluding carboxylic acids is 1. The lowest BCUT2D eigenvalue weighted by molar-refractivity contribution is -0.153. The zero-order chi connectivity index (χ0) is 19.0. The average Bonchev–Trinajstić information content (AvgIpc) is 2.61. The molecule has 2 aromatic rings. The molecule has 0 heterocycles. The van der Waals surface area contributed by atoms with Crippen LogP contribution in [0.1, 0.15) is 6.42 Å². The molecule has 0 bridgehead atoms. The Labute approximate surface area is 153 Å². The number of para-hydroxylation sites is 2. The Bertz CT molecular complexity index is 720. The quantitative estimate of drug-likeness (QED) is 0.666. The number of ether oxygens (including phenoxy) is 2. The van der Waals surface area contributed by atoms with Gasteiger partial charge in [0.1, 0.15) is 11.5 Å². The molecule has 140 valence electrons. The minimum Gasteiger partial charge on any atom is -0.497 e. The molecule has 1 N–H and O–H groups in total. The van der Waals surface area contributed by atoms with Crippen molar-refractivity contribution in [2.45, 2.75) is 17.5 Å². The number of carbonyl (C=O) groups is 1. The molecule has 0 saturated carbocycles. The van der Waals surface area contributed by atoms with E-state index in [9.17, 15) is 18.0 Å². The van der Waals surface area contributed by atoms with Crippen molar-refractivity contribution in [2.24, 2.45) is 0 Å². The minimum absolute atomic E-state index is 0.0130. The summed E-state index contributed by atoms with van der Waals surface area (Å²) in [4.78, 5) is 13.0. The number of thioether (sulfide) groups is 1. The second-order valence-corrected chi connectivity index (χ2v) is 6.39. The third-order valence-corrected chi connectivity index (χ3v) is 4.22. The SMILES string of the molecule is COc1ccc(SCCC(=O)Nc2ccccc2OCC(F)(F)F)cc1. The van der Waals surface area contributed by atoms with Crippen molar-refractivity contribution < 1.29 is 27.4 Å². The van der Waals surface area contributed by atoms with E-state index in [1.54, 1.807) is 19.2 Å². The smallest absolute Gasteiger partial charge is 0.422 e. The molecule has 0 aromatic heterocycles. The van der Waals surface area contributed by atoms with E-state index < -0.39 is 12.8 Å². The van der Waals surface area contributed by atoms with Crippen LogP contribution in [0.15, 0.2) is 53.4 Å². The number of anilines is 1. The summed E-state index contributed by atoms with van der Waals surface area (Å²) < 4.78 is 46.7. The van der Waals surface area contributed by atoms with E-state index in [0.717, 1.165) is 10.6 Å². The van der Waals surface area contributed by atoms with Crippen LogP contribution in [0.2, 0.25) is 0 Å². The second kappa shape index (κ2) is 9.38. The normalized spacial score (nSPS) is 11.1. The Hall–Kier alpha value is -2.35. The minimum atomic E-state index is -4.44. The molecule has 26 heavy (non-hydrogen) atoms. The summed E-state index contributed by atoms with van der Waals surface area (Å²) in [5.74, 6) is 0.974. The predicted octanol–water partition coefficient (Wildman–Crippen LogP) is 4.76. The fraction of sp³-hybridized carbons (Fsp3) is 0.278. The third-order valence-electron chi connectivity index (χ3n) is 3.21. The van der Waals surface area contributed by atoms with Crippen LogP contribution in [0.25, 0.3) is 0 Å². The Kier molecular flexibility index (Phi) is 7.20. The molecule has 0 atom stereocenters. The maximum Gasteiger partial charge on any atom is 0.422 e. The number of hydrogen-bond acceptors (Lipinski definition) is 4. The summed E-state index contributed by atoms with van der Waals surface area (Å²) in [7, 11) is 1.59. The van der Waals surface area contributed by atoms with Crippen LogP contribution in [0.5, 0.6) is 11.5 Å². The first-order chi connectivity index (χ1) is 12.4. The summed E-state index contributed by atoms with van der Waals surface area (Å²) in [5, 5.41) is 2.59. The first-order valence-corrected chi connectivity index (χ1v) is 8.71. The molecule has 2 rings (SSSR count). The first kappa shape index (κ1) is 20.0. The van der Waals surface area contributed by atoms with Gasteiger partial charge in [-0.05, 0) is 36.4 Å². The molecular weight excluding hydrogens is 367 g/mol. The summed E-state index contributed by atoms with van der Waals surface area (Å²) in [5.41, 5.74) is 0.219. The number of methoxy groups -OCH3 is 1.